The third-order valence-corrected chi connectivity index (χ3v) is 2.47. The average molecular weight is 264 g/mol. The number of guanidine groups is 1. The Morgan fingerprint density at radius 2 is 2.16 bits per heavy atom. The summed E-state index contributed by atoms with van der Waals surface area (Å²) in [6.07, 6.45) is 2.91. The maximum absolute atomic E-state index is 10.9. The lowest BCUT2D eigenvalue weighted by Crippen LogP contribution is -2.39. The molecule has 2 N–H and O–H groups in total. The van der Waals surface area contributed by atoms with Crippen molar-refractivity contribution < 1.29 is 9.53 Å². The predicted octanol–water partition coefficient (Wildman–Crippen LogP) is 0.352. The molecule has 6 heteroatoms. The molecule has 0 saturated heterocycles. The first-order valence-electron chi connectivity index (χ1n) is 6.17. The molecule has 0 bridgehead atoms. The maximum Gasteiger partial charge on any atom is 0.307 e. The maximum atomic E-state index is 10.9. The van der Waals surface area contributed by atoms with E-state index in [4.69, 9.17) is 0 Å². The summed E-state index contributed by atoms with van der Waals surface area (Å²) in [5, 5.41) is 6.19. The number of pyridine rings is 1. The van der Waals surface area contributed by atoms with E-state index in [1.165, 1.54) is 7.11 Å². The standard InChI is InChI=1S/C13H20N4O2/c1-14-13(17-10-7-12(18)19-2)16-9-6-11-5-3-4-8-15-11/h3-5,8H,6-7,9-10H2,1-2H3,(H2,14,16,17). The molecule has 0 aromatic carbocycles. The van der Waals surface area contributed by atoms with Crippen molar-refractivity contribution >= 4 is 11.9 Å². The number of carbonyl (C=O) groups is 1. The number of rotatable bonds is 6. The van der Waals surface area contributed by atoms with Crippen molar-refractivity contribution in [2.75, 3.05) is 27.2 Å². The number of hydrogen-bond donors (Lipinski definition) is 2. The predicted molar refractivity (Wildman–Crippen MR) is 73.9 cm³/mol. The van der Waals surface area contributed by atoms with Crippen LogP contribution in [0.15, 0.2) is 29.4 Å². The fraction of sp³-hybridized carbons (Fsp3) is 0.462. The number of carbonyl (C=O) groups excluding carboxylic acids is 1. The number of aromatic nitrogens is 1. The molecule has 0 amide bonds. The van der Waals surface area contributed by atoms with Gasteiger partial charge in [0.2, 0.25) is 0 Å². The highest BCUT2D eigenvalue weighted by atomic mass is 16.5. The van der Waals surface area contributed by atoms with Gasteiger partial charge in [0.1, 0.15) is 0 Å². The second-order valence-corrected chi connectivity index (χ2v) is 3.82. The van der Waals surface area contributed by atoms with Gasteiger partial charge in [-0.3, -0.25) is 14.8 Å². The molecule has 0 radical (unpaired) electrons. The molecule has 0 aliphatic rings. The fourth-order valence-electron chi connectivity index (χ4n) is 1.46. The molecule has 1 rings (SSSR count). The van der Waals surface area contributed by atoms with Gasteiger partial charge in [0.05, 0.1) is 13.5 Å². The largest absolute Gasteiger partial charge is 0.469 e. The van der Waals surface area contributed by atoms with Crippen molar-refractivity contribution in [1.82, 2.24) is 15.6 Å². The lowest BCUT2D eigenvalue weighted by Gasteiger charge is -2.11. The second-order valence-electron chi connectivity index (χ2n) is 3.82. The minimum atomic E-state index is -0.239. The van der Waals surface area contributed by atoms with E-state index in [-0.39, 0.29) is 5.97 Å². The zero-order chi connectivity index (χ0) is 13.9. The fourth-order valence-corrected chi connectivity index (χ4v) is 1.46. The van der Waals surface area contributed by atoms with Crippen LogP contribution >= 0.6 is 0 Å². The van der Waals surface area contributed by atoms with Crippen LogP contribution in [0.3, 0.4) is 0 Å². The third-order valence-electron chi connectivity index (χ3n) is 2.47. The van der Waals surface area contributed by atoms with Crippen LogP contribution in [-0.2, 0) is 16.0 Å². The quantitative estimate of drug-likeness (QED) is 0.440. The summed E-state index contributed by atoms with van der Waals surface area (Å²) in [7, 11) is 3.07. The molecule has 0 spiro atoms. The highest BCUT2D eigenvalue weighted by molar-refractivity contribution is 5.80. The molecule has 0 fully saturated rings. The first-order valence-corrected chi connectivity index (χ1v) is 6.17. The molecule has 1 heterocycles. The molecule has 19 heavy (non-hydrogen) atoms. The van der Waals surface area contributed by atoms with Crippen molar-refractivity contribution in [2.45, 2.75) is 12.8 Å². The normalized spacial score (nSPS) is 10.9. The van der Waals surface area contributed by atoms with Gasteiger partial charge in [0.15, 0.2) is 5.96 Å². The number of methoxy groups -OCH3 is 1. The summed E-state index contributed by atoms with van der Waals surface area (Å²) in [6, 6.07) is 5.84. The van der Waals surface area contributed by atoms with E-state index in [9.17, 15) is 4.79 Å². The van der Waals surface area contributed by atoms with Gasteiger partial charge in [0.25, 0.3) is 0 Å². The Bertz CT molecular complexity index is 406. The molecule has 104 valence electrons. The summed E-state index contributed by atoms with van der Waals surface area (Å²) < 4.78 is 4.56. The Balaban J connectivity index is 2.20. The van der Waals surface area contributed by atoms with Gasteiger partial charge in [-0.2, -0.15) is 0 Å². The highest BCUT2D eigenvalue weighted by Gasteiger charge is 2.01. The van der Waals surface area contributed by atoms with Crippen LogP contribution in [-0.4, -0.2) is 44.2 Å². The zero-order valence-corrected chi connectivity index (χ0v) is 11.3. The van der Waals surface area contributed by atoms with Crippen LogP contribution in [0.2, 0.25) is 0 Å². The van der Waals surface area contributed by atoms with Gasteiger partial charge in [0, 0.05) is 38.4 Å². The van der Waals surface area contributed by atoms with Crippen LogP contribution in [0, 0.1) is 0 Å². The monoisotopic (exact) mass is 264 g/mol. The van der Waals surface area contributed by atoms with Gasteiger partial charge in [-0.1, -0.05) is 6.07 Å². The first-order chi connectivity index (χ1) is 9.26. The molecule has 0 unspecified atom stereocenters. The SMILES string of the molecule is CN=C(NCCC(=O)OC)NCCc1ccccn1. The molecule has 0 atom stereocenters. The topological polar surface area (TPSA) is 75.6 Å². The third kappa shape index (κ3) is 6.40. The van der Waals surface area contributed by atoms with E-state index in [1.54, 1.807) is 13.2 Å². The highest BCUT2D eigenvalue weighted by Crippen LogP contribution is 1.92. The van der Waals surface area contributed by atoms with E-state index < -0.39 is 0 Å². The number of nitrogens with one attached hydrogen (secondary N) is 2. The minimum absolute atomic E-state index is 0.239. The van der Waals surface area contributed by atoms with E-state index in [0.717, 1.165) is 18.7 Å². The Hall–Kier alpha value is -2.11. The van der Waals surface area contributed by atoms with Crippen LogP contribution in [0.25, 0.3) is 0 Å². The number of aliphatic imine (C=N–C) groups is 1. The summed E-state index contributed by atoms with van der Waals surface area (Å²) >= 11 is 0. The summed E-state index contributed by atoms with van der Waals surface area (Å²) in [6.45, 7) is 1.23. The number of hydrogen-bond acceptors (Lipinski definition) is 4. The van der Waals surface area contributed by atoms with Gasteiger partial charge in [-0.15, -0.1) is 0 Å². The summed E-state index contributed by atoms with van der Waals surface area (Å²) in [4.78, 5) is 19.3. The van der Waals surface area contributed by atoms with E-state index in [0.29, 0.717) is 18.9 Å². The van der Waals surface area contributed by atoms with Crippen LogP contribution in [0.1, 0.15) is 12.1 Å². The Morgan fingerprint density at radius 1 is 1.37 bits per heavy atom. The van der Waals surface area contributed by atoms with Gasteiger partial charge in [-0.25, -0.2) is 0 Å². The lowest BCUT2D eigenvalue weighted by atomic mass is 10.3. The molecule has 0 aliphatic carbocycles. The minimum Gasteiger partial charge on any atom is -0.469 e. The summed E-state index contributed by atoms with van der Waals surface area (Å²) in [5.41, 5.74) is 1.03. The molecular weight excluding hydrogens is 244 g/mol. The lowest BCUT2D eigenvalue weighted by molar-refractivity contribution is -0.140. The van der Waals surface area contributed by atoms with Crippen molar-refractivity contribution in [3.05, 3.63) is 30.1 Å². The van der Waals surface area contributed by atoms with Crippen LogP contribution in [0.4, 0.5) is 0 Å². The first kappa shape index (κ1) is 14.9. The molecular formula is C13H20N4O2. The van der Waals surface area contributed by atoms with Crippen LogP contribution in [0.5, 0.6) is 0 Å². The summed E-state index contributed by atoms with van der Waals surface area (Å²) in [5.74, 6) is 0.427. The van der Waals surface area contributed by atoms with Crippen molar-refractivity contribution in [1.29, 1.82) is 0 Å². The number of nitrogens with zero attached hydrogens (tertiary/aromatic N) is 2. The van der Waals surface area contributed by atoms with Gasteiger partial charge >= 0.3 is 5.97 Å². The molecule has 0 aliphatic heterocycles. The molecule has 0 saturated carbocycles. The smallest absolute Gasteiger partial charge is 0.307 e. The Labute approximate surface area is 113 Å². The molecule has 6 nitrogen and oxygen atoms in total. The Morgan fingerprint density at radius 3 is 2.79 bits per heavy atom. The van der Waals surface area contributed by atoms with E-state index in [1.807, 2.05) is 18.2 Å². The number of ether oxygens (including phenoxy) is 1. The van der Waals surface area contributed by atoms with Crippen molar-refractivity contribution in [3.8, 4) is 0 Å². The second kappa shape index (κ2) is 8.91. The van der Waals surface area contributed by atoms with E-state index in [2.05, 4.69) is 25.3 Å². The van der Waals surface area contributed by atoms with Crippen LogP contribution < -0.4 is 10.6 Å². The molecule has 1 aromatic heterocycles. The molecule has 1 aromatic rings. The van der Waals surface area contributed by atoms with Crippen molar-refractivity contribution in [2.24, 2.45) is 4.99 Å². The number of esters is 1. The average Bonchev–Trinajstić information content (AvgIpc) is 2.46. The Kier molecular flexibility index (Phi) is 7.01. The van der Waals surface area contributed by atoms with E-state index >= 15 is 0 Å². The van der Waals surface area contributed by atoms with Gasteiger partial charge < -0.3 is 15.4 Å². The zero-order valence-electron chi connectivity index (χ0n) is 11.3. The van der Waals surface area contributed by atoms with Gasteiger partial charge in [-0.05, 0) is 12.1 Å². The van der Waals surface area contributed by atoms with Crippen molar-refractivity contribution in [3.63, 3.8) is 0 Å².